The molecule has 2 aromatic rings. The molecular weight excluding hydrogens is 264 g/mol. The van der Waals surface area contributed by atoms with Crippen molar-refractivity contribution in [3.63, 3.8) is 0 Å². The molecule has 0 amide bonds. The molecule has 0 bridgehead atoms. The van der Waals surface area contributed by atoms with Crippen molar-refractivity contribution in [2.24, 2.45) is 5.73 Å². The number of para-hydroxylation sites is 1. The molecule has 0 fully saturated rings. The number of methoxy groups -OCH3 is 1. The molecule has 104 valence electrons. The van der Waals surface area contributed by atoms with Crippen LogP contribution in [0.1, 0.15) is 17.0 Å². The first-order chi connectivity index (χ1) is 10.2. The summed E-state index contributed by atoms with van der Waals surface area (Å²) in [5.41, 5.74) is 8.20. The number of nitrogens with two attached hydrogens (primary N) is 1. The summed E-state index contributed by atoms with van der Waals surface area (Å²) in [5, 5.41) is 9.45. The number of hydrogen-bond donors (Lipinski definition) is 1. The fraction of sp³-hybridized carbons (Fsp3) is 0.118. The molecule has 3 rings (SSSR count). The molecule has 1 aliphatic heterocycles. The first kappa shape index (κ1) is 13.1. The van der Waals surface area contributed by atoms with Gasteiger partial charge in [-0.3, -0.25) is 0 Å². The molecule has 1 aliphatic rings. The Kier molecular flexibility index (Phi) is 3.25. The largest absolute Gasteiger partial charge is 0.497 e. The molecule has 0 unspecified atom stereocenters. The van der Waals surface area contributed by atoms with Crippen molar-refractivity contribution in [2.75, 3.05) is 7.11 Å². The molecule has 0 radical (unpaired) electrons. The molecule has 21 heavy (non-hydrogen) atoms. The van der Waals surface area contributed by atoms with Crippen LogP contribution >= 0.6 is 0 Å². The van der Waals surface area contributed by atoms with Gasteiger partial charge in [-0.25, -0.2) is 0 Å². The van der Waals surface area contributed by atoms with Crippen LogP contribution in [0.25, 0.3) is 0 Å². The van der Waals surface area contributed by atoms with Crippen molar-refractivity contribution in [1.82, 2.24) is 0 Å². The second kappa shape index (κ2) is 5.22. The quantitative estimate of drug-likeness (QED) is 0.917. The van der Waals surface area contributed by atoms with Crippen LogP contribution in [0.15, 0.2) is 60.0 Å². The topological polar surface area (TPSA) is 68.3 Å². The summed E-state index contributed by atoms with van der Waals surface area (Å²) in [7, 11) is 1.62. The van der Waals surface area contributed by atoms with Gasteiger partial charge in [-0.2, -0.15) is 5.26 Å². The summed E-state index contributed by atoms with van der Waals surface area (Å²) >= 11 is 0. The number of allylic oxidation sites excluding steroid dienone is 1. The summed E-state index contributed by atoms with van der Waals surface area (Å²) in [4.78, 5) is 0. The van der Waals surface area contributed by atoms with Gasteiger partial charge >= 0.3 is 0 Å². The number of benzene rings is 2. The van der Waals surface area contributed by atoms with Crippen LogP contribution in [0.5, 0.6) is 11.5 Å². The Bertz CT molecular complexity index is 759. The van der Waals surface area contributed by atoms with Gasteiger partial charge in [0.1, 0.15) is 23.1 Å². The number of nitriles is 1. The fourth-order valence-electron chi connectivity index (χ4n) is 2.57. The first-order valence-corrected chi connectivity index (χ1v) is 6.55. The van der Waals surface area contributed by atoms with Crippen LogP contribution in [0.4, 0.5) is 0 Å². The minimum atomic E-state index is -0.241. The molecule has 2 N–H and O–H groups in total. The highest BCUT2D eigenvalue weighted by Gasteiger charge is 2.30. The van der Waals surface area contributed by atoms with Gasteiger partial charge in [-0.15, -0.1) is 0 Å². The van der Waals surface area contributed by atoms with E-state index in [1.165, 1.54) is 0 Å². The number of ether oxygens (including phenoxy) is 2. The average molecular weight is 278 g/mol. The summed E-state index contributed by atoms with van der Waals surface area (Å²) in [6.45, 7) is 0. The van der Waals surface area contributed by atoms with Gasteiger partial charge in [0, 0.05) is 5.56 Å². The number of nitrogens with zero attached hydrogens (tertiary/aromatic N) is 1. The lowest BCUT2D eigenvalue weighted by Gasteiger charge is -2.26. The monoisotopic (exact) mass is 278 g/mol. The maximum absolute atomic E-state index is 9.45. The first-order valence-electron chi connectivity index (χ1n) is 6.55. The normalized spacial score (nSPS) is 16.7. The van der Waals surface area contributed by atoms with Crippen LogP contribution in [0.3, 0.4) is 0 Å². The molecular formula is C17H14N2O2. The lowest BCUT2D eigenvalue weighted by molar-refractivity contribution is 0.393. The SMILES string of the molecule is COc1cccc([C@H]2C(C#N)=C(N)Oc3ccccc32)c1. The van der Waals surface area contributed by atoms with E-state index in [9.17, 15) is 5.26 Å². The zero-order chi connectivity index (χ0) is 14.8. The van der Waals surface area contributed by atoms with Crippen LogP contribution < -0.4 is 15.2 Å². The molecule has 0 spiro atoms. The molecule has 1 heterocycles. The molecule has 4 nitrogen and oxygen atoms in total. The Balaban J connectivity index is 2.20. The Morgan fingerprint density at radius 1 is 1.19 bits per heavy atom. The van der Waals surface area contributed by atoms with Gasteiger partial charge in [0.25, 0.3) is 0 Å². The van der Waals surface area contributed by atoms with E-state index in [1.54, 1.807) is 7.11 Å². The maximum Gasteiger partial charge on any atom is 0.205 e. The Morgan fingerprint density at radius 2 is 2.00 bits per heavy atom. The van der Waals surface area contributed by atoms with E-state index in [0.29, 0.717) is 11.3 Å². The van der Waals surface area contributed by atoms with Crippen molar-refractivity contribution in [3.05, 3.63) is 71.1 Å². The Morgan fingerprint density at radius 3 is 2.76 bits per heavy atom. The molecule has 0 aliphatic carbocycles. The van der Waals surface area contributed by atoms with Crippen molar-refractivity contribution in [1.29, 1.82) is 5.26 Å². The third-order valence-electron chi connectivity index (χ3n) is 3.55. The van der Waals surface area contributed by atoms with E-state index in [2.05, 4.69) is 6.07 Å². The van der Waals surface area contributed by atoms with Gasteiger partial charge in [-0.05, 0) is 23.8 Å². The predicted molar refractivity (Wildman–Crippen MR) is 78.7 cm³/mol. The maximum atomic E-state index is 9.45. The predicted octanol–water partition coefficient (Wildman–Crippen LogP) is 2.91. The molecule has 0 aromatic heterocycles. The van der Waals surface area contributed by atoms with E-state index in [4.69, 9.17) is 15.2 Å². The van der Waals surface area contributed by atoms with E-state index in [0.717, 1.165) is 16.9 Å². The molecule has 2 aromatic carbocycles. The minimum absolute atomic E-state index is 0.156. The minimum Gasteiger partial charge on any atom is -0.497 e. The highest BCUT2D eigenvalue weighted by Crippen LogP contribution is 2.42. The number of fused-ring (bicyclic) bond motifs is 1. The molecule has 0 saturated heterocycles. The molecule has 4 heteroatoms. The van der Waals surface area contributed by atoms with Crippen LogP contribution in [-0.2, 0) is 0 Å². The van der Waals surface area contributed by atoms with E-state index < -0.39 is 0 Å². The second-order valence-corrected chi connectivity index (χ2v) is 4.74. The third kappa shape index (κ3) is 2.19. The van der Waals surface area contributed by atoms with Gasteiger partial charge in [-0.1, -0.05) is 30.3 Å². The highest BCUT2D eigenvalue weighted by atomic mass is 16.5. The van der Waals surface area contributed by atoms with Crippen LogP contribution in [-0.4, -0.2) is 7.11 Å². The Hall–Kier alpha value is -2.93. The van der Waals surface area contributed by atoms with Gasteiger partial charge in [0.2, 0.25) is 5.88 Å². The zero-order valence-corrected chi connectivity index (χ0v) is 11.5. The summed E-state index contributed by atoms with van der Waals surface area (Å²) in [6, 6.07) is 17.4. The van der Waals surface area contributed by atoms with Gasteiger partial charge in [0.15, 0.2) is 0 Å². The fourth-order valence-corrected chi connectivity index (χ4v) is 2.57. The second-order valence-electron chi connectivity index (χ2n) is 4.74. The third-order valence-corrected chi connectivity index (χ3v) is 3.55. The van der Waals surface area contributed by atoms with E-state index in [-0.39, 0.29) is 11.8 Å². The molecule has 1 atom stereocenters. The number of hydrogen-bond acceptors (Lipinski definition) is 4. The summed E-state index contributed by atoms with van der Waals surface area (Å²) in [6.07, 6.45) is 0. The van der Waals surface area contributed by atoms with Crippen molar-refractivity contribution < 1.29 is 9.47 Å². The van der Waals surface area contributed by atoms with Crippen molar-refractivity contribution >= 4 is 0 Å². The summed E-state index contributed by atoms with van der Waals surface area (Å²) < 4.78 is 10.8. The standard InChI is InChI=1S/C17H14N2O2/c1-20-12-6-4-5-11(9-12)16-13-7-2-3-8-15(13)21-17(19)14(16)10-18/h2-9,16H,19H2,1H3/t16-/m1/s1. The van der Waals surface area contributed by atoms with Gasteiger partial charge < -0.3 is 15.2 Å². The average Bonchev–Trinajstić information content (AvgIpc) is 2.53. The van der Waals surface area contributed by atoms with Crippen molar-refractivity contribution in [3.8, 4) is 17.6 Å². The zero-order valence-electron chi connectivity index (χ0n) is 11.5. The van der Waals surface area contributed by atoms with Crippen LogP contribution in [0, 0.1) is 11.3 Å². The summed E-state index contributed by atoms with van der Waals surface area (Å²) in [5.74, 6) is 1.34. The molecule has 0 saturated carbocycles. The Labute approximate surface area is 123 Å². The smallest absolute Gasteiger partial charge is 0.205 e. The van der Waals surface area contributed by atoms with E-state index >= 15 is 0 Å². The lowest BCUT2D eigenvalue weighted by Crippen LogP contribution is -2.20. The van der Waals surface area contributed by atoms with Crippen LogP contribution in [0.2, 0.25) is 0 Å². The highest BCUT2D eigenvalue weighted by molar-refractivity contribution is 5.56. The van der Waals surface area contributed by atoms with E-state index in [1.807, 2.05) is 48.5 Å². The van der Waals surface area contributed by atoms with Crippen molar-refractivity contribution in [2.45, 2.75) is 5.92 Å². The van der Waals surface area contributed by atoms with Gasteiger partial charge in [0.05, 0.1) is 13.0 Å². The lowest BCUT2D eigenvalue weighted by atomic mass is 9.83. The number of rotatable bonds is 2.